The molecule has 0 saturated carbocycles. The molecular formula is C13H21NO3. The molecule has 0 aliphatic carbocycles. The zero-order chi connectivity index (χ0) is 12.7. The van der Waals surface area contributed by atoms with Crippen LogP contribution in [-0.4, -0.2) is 43.9 Å². The van der Waals surface area contributed by atoms with Crippen molar-refractivity contribution >= 4 is 0 Å². The Balaban J connectivity index is 2.50. The molecule has 0 heterocycles. The smallest absolute Gasteiger partial charge is 0.123 e. The predicted octanol–water partition coefficient (Wildman–Crippen LogP) is 1.87. The van der Waals surface area contributed by atoms with E-state index in [1.54, 1.807) is 13.2 Å². The third-order valence-electron chi connectivity index (χ3n) is 2.55. The Kier molecular flexibility index (Phi) is 5.80. The Morgan fingerprint density at radius 3 is 2.71 bits per heavy atom. The minimum Gasteiger partial charge on any atom is -0.507 e. The Labute approximate surface area is 103 Å². The fraction of sp³-hybridized carbons (Fsp3) is 0.538. The maximum atomic E-state index is 9.81. The molecule has 0 fully saturated rings. The van der Waals surface area contributed by atoms with Crippen molar-refractivity contribution in [1.29, 1.82) is 0 Å². The summed E-state index contributed by atoms with van der Waals surface area (Å²) in [5.41, 5.74) is 0.893. The van der Waals surface area contributed by atoms with Crippen LogP contribution in [0, 0.1) is 0 Å². The lowest BCUT2D eigenvalue weighted by Gasteiger charge is -2.17. The summed E-state index contributed by atoms with van der Waals surface area (Å²) in [4.78, 5) is 2.11. The van der Waals surface area contributed by atoms with Crippen LogP contribution in [0.25, 0.3) is 0 Å². The number of phenolic OH excluding ortho intramolecular Hbond substituents is 1. The average Bonchev–Trinajstić information content (AvgIpc) is 2.32. The molecule has 1 aromatic carbocycles. The van der Waals surface area contributed by atoms with Gasteiger partial charge in [-0.15, -0.1) is 0 Å². The number of benzene rings is 1. The maximum Gasteiger partial charge on any atom is 0.123 e. The average molecular weight is 239 g/mol. The molecule has 0 aromatic heterocycles. The second-order valence-electron chi connectivity index (χ2n) is 3.93. The molecule has 0 bridgehead atoms. The zero-order valence-corrected chi connectivity index (χ0v) is 10.8. The molecule has 0 spiro atoms. The predicted molar refractivity (Wildman–Crippen MR) is 67.5 cm³/mol. The van der Waals surface area contributed by atoms with Gasteiger partial charge in [0.15, 0.2) is 0 Å². The van der Waals surface area contributed by atoms with Crippen LogP contribution < -0.4 is 4.74 Å². The lowest BCUT2D eigenvalue weighted by molar-refractivity contribution is 0.120. The summed E-state index contributed by atoms with van der Waals surface area (Å²) in [5, 5.41) is 9.81. The maximum absolute atomic E-state index is 9.81. The summed E-state index contributed by atoms with van der Waals surface area (Å²) in [6, 6.07) is 5.36. The van der Waals surface area contributed by atoms with E-state index in [1.165, 1.54) is 0 Å². The molecule has 0 saturated heterocycles. The highest BCUT2D eigenvalue weighted by molar-refractivity contribution is 5.39. The van der Waals surface area contributed by atoms with E-state index in [-0.39, 0.29) is 5.75 Å². The summed E-state index contributed by atoms with van der Waals surface area (Å²) in [6.45, 7) is 4.98. The monoisotopic (exact) mass is 239 g/mol. The minimum absolute atomic E-state index is 0.271. The number of aromatic hydroxyl groups is 1. The molecule has 1 N–H and O–H groups in total. The number of hydrogen-bond acceptors (Lipinski definition) is 4. The molecule has 0 atom stereocenters. The first-order valence-electron chi connectivity index (χ1n) is 5.79. The van der Waals surface area contributed by atoms with Crippen LogP contribution in [0.2, 0.25) is 0 Å². The van der Waals surface area contributed by atoms with E-state index in [1.807, 2.05) is 26.1 Å². The largest absolute Gasteiger partial charge is 0.507 e. The van der Waals surface area contributed by atoms with Crippen molar-refractivity contribution in [2.75, 3.05) is 33.9 Å². The van der Waals surface area contributed by atoms with Gasteiger partial charge in [-0.25, -0.2) is 0 Å². The summed E-state index contributed by atoms with van der Waals surface area (Å²) < 4.78 is 10.3. The Bertz CT molecular complexity index is 341. The summed E-state index contributed by atoms with van der Waals surface area (Å²) in [6.07, 6.45) is 0. The van der Waals surface area contributed by atoms with Crippen LogP contribution in [0.15, 0.2) is 18.2 Å². The highest BCUT2D eigenvalue weighted by Crippen LogP contribution is 2.24. The standard InChI is InChI=1S/C13H21NO3/c1-4-17-8-7-14(2)10-11-5-6-12(16-3)9-13(11)15/h5-6,9,15H,4,7-8,10H2,1-3H3. The lowest BCUT2D eigenvalue weighted by Crippen LogP contribution is -2.22. The Morgan fingerprint density at radius 1 is 1.35 bits per heavy atom. The summed E-state index contributed by atoms with van der Waals surface area (Å²) in [5.74, 6) is 0.941. The third-order valence-corrected chi connectivity index (χ3v) is 2.55. The van der Waals surface area contributed by atoms with Gasteiger partial charge in [-0.05, 0) is 20.0 Å². The van der Waals surface area contributed by atoms with E-state index in [0.29, 0.717) is 18.9 Å². The van der Waals surface area contributed by atoms with Gasteiger partial charge in [0.05, 0.1) is 13.7 Å². The van der Waals surface area contributed by atoms with Gasteiger partial charge in [0.25, 0.3) is 0 Å². The normalized spacial score (nSPS) is 10.8. The Morgan fingerprint density at radius 2 is 2.12 bits per heavy atom. The van der Waals surface area contributed by atoms with Crippen LogP contribution in [-0.2, 0) is 11.3 Å². The van der Waals surface area contributed by atoms with Crippen LogP contribution in [0.4, 0.5) is 0 Å². The molecule has 96 valence electrons. The molecule has 1 aromatic rings. The second kappa shape index (κ2) is 7.14. The Hall–Kier alpha value is -1.26. The second-order valence-corrected chi connectivity index (χ2v) is 3.93. The van der Waals surface area contributed by atoms with E-state index in [2.05, 4.69) is 4.90 Å². The first-order chi connectivity index (χ1) is 8.17. The van der Waals surface area contributed by atoms with Gasteiger partial charge in [0.2, 0.25) is 0 Å². The number of ether oxygens (including phenoxy) is 2. The fourth-order valence-electron chi connectivity index (χ4n) is 1.54. The number of likely N-dealkylation sites (N-methyl/N-ethyl adjacent to an activating group) is 1. The third kappa shape index (κ3) is 4.63. The number of phenols is 1. The molecule has 0 aliphatic heterocycles. The molecule has 0 unspecified atom stereocenters. The molecule has 17 heavy (non-hydrogen) atoms. The van der Waals surface area contributed by atoms with Crippen LogP contribution in [0.3, 0.4) is 0 Å². The number of nitrogens with zero attached hydrogens (tertiary/aromatic N) is 1. The van der Waals surface area contributed by atoms with E-state index in [0.717, 1.165) is 18.7 Å². The highest BCUT2D eigenvalue weighted by atomic mass is 16.5. The molecule has 0 radical (unpaired) electrons. The fourth-order valence-corrected chi connectivity index (χ4v) is 1.54. The number of hydrogen-bond donors (Lipinski definition) is 1. The van der Waals surface area contributed by atoms with Crippen molar-refractivity contribution in [3.05, 3.63) is 23.8 Å². The van der Waals surface area contributed by atoms with Crippen molar-refractivity contribution < 1.29 is 14.6 Å². The van der Waals surface area contributed by atoms with Gasteiger partial charge in [-0.1, -0.05) is 6.07 Å². The molecular weight excluding hydrogens is 218 g/mol. The lowest BCUT2D eigenvalue weighted by atomic mass is 10.2. The van der Waals surface area contributed by atoms with Crippen molar-refractivity contribution in [3.8, 4) is 11.5 Å². The van der Waals surface area contributed by atoms with Crippen molar-refractivity contribution in [3.63, 3.8) is 0 Å². The van der Waals surface area contributed by atoms with Gasteiger partial charge >= 0.3 is 0 Å². The van der Waals surface area contributed by atoms with Crippen molar-refractivity contribution in [2.24, 2.45) is 0 Å². The number of methoxy groups -OCH3 is 1. The van der Waals surface area contributed by atoms with Crippen molar-refractivity contribution in [1.82, 2.24) is 4.90 Å². The van der Waals surface area contributed by atoms with E-state index in [9.17, 15) is 5.11 Å². The van der Waals surface area contributed by atoms with Crippen molar-refractivity contribution in [2.45, 2.75) is 13.5 Å². The van der Waals surface area contributed by atoms with Gasteiger partial charge in [0, 0.05) is 31.3 Å². The minimum atomic E-state index is 0.271. The zero-order valence-electron chi connectivity index (χ0n) is 10.8. The van der Waals surface area contributed by atoms with E-state index < -0.39 is 0 Å². The molecule has 0 aliphatic rings. The molecule has 1 rings (SSSR count). The van der Waals surface area contributed by atoms with Crippen LogP contribution >= 0.6 is 0 Å². The number of rotatable bonds is 7. The molecule has 0 amide bonds. The van der Waals surface area contributed by atoms with E-state index >= 15 is 0 Å². The van der Waals surface area contributed by atoms with Gasteiger partial charge < -0.3 is 14.6 Å². The first-order valence-corrected chi connectivity index (χ1v) is 5.79. The first kappa shape index (κ1) is 13.8. The molecule has 4 heteroatoms. The highest BCUT2D eigenvalue weighted by Gasteiger charge is 2.06. The summed E-state index contributed by atoms with van der Waals surface area (Å²) in [7, 11) is 3.59. The van der Waals surface area contributed by atoms with Gasteiger partial charge in [-0.3, -0.25) is 4.90 Å². The topological polar surface area (TPSA) is 41.9 Å². The SMILES string of the molecule is CCOCCN(C)Cc1ccc(OC)cc1O. The molecule has 4 nitrogen and oxygen atoms in total. The quantitative estimate of drug-likeness (QED) is 0.738. The van der Waals surface area contributed by atoms with Crippen LogP contribution in [0.1, 0.15) is 12.5 Å². The van der Waals surface area contributed by atoms with E-state index in [4.69, 9.17) is 9.47 Å². The van der Waals surface area contributed by atoms with Crippen LogP contribution in [0.5, 0.6) is 11.5 Å². The summed E-state index contributed by atoms with van der Waals surface area (Å²) >= 11 is 0. The van der Waals surface area contributed by atoms with Gasteiger partial charge in [0.1, 0.15) is 11.5 Å². The van der Waals surface area contributed by atoms with Gasteiger partial charge in [-0.2, -0.15) is 0 Å².